The van der Waals surface area contributed by atoms with E-state index >= 15 is 0 Å². The molecule has 0 bridgehead atoms. The van der Waals surface area contributed by atoms with Crippen LogP contribution in [0.25, 0.3) is 0 Å². The van der Waals surface area contributed by atoms with Gasteiger partial charge in [0.1, 0.15) is 5.76 Å². The van der Waals surface area contributed by atoms with Gasteiger partial charge in [0.2, 0.25) is 5.91 Å². The molecule has 2 fully saturated rings. The molecule has 2 amide bonds. The van der Waals surface area contributed by atoms with E-state index in [1.807, 2.05) is 49.1 Å². The molecule has 0 radical (unpaired) electrons. The SMILES string of the molecule is Cc1cc(C[C@@H]2CN(C(=O)C3CCN(C(=O)c4ccccc4C)CC3)C[C@H]2O)on1. The van der Waals surface area contributed by atoms with Gasteiger partial charge in [0, 0.05) is 56.1 Å². The number of aromatic nitrogens is 1. The molecule has 0 saturated carbocycles. The van der Waals surface area contributed by atoms with Gasteiger partial charge in [0.05, 0.1) is 11.8 Å². The molecule has 2 aliphatic rings. The maximum Gasteiger partial charge on any atom is 0.254 e. The van der Waals surface area contributed by atoms with Crippen molar-refractivity contribution in [1.29, 1.82) is 0 Å². The van der Waals surface area contributed by atoms with Crippen LogP contribution >= 0.6 is 0 Å². The Kier molecular flexibility index (Phi) is 5.90. The van der Waals surface area contributed by atoms with E-state index < -0.39 is 6.10 Å². The number of piperidine rings is 1. The van der Waals surface area contributed by atoms with Crippen LogP contribution in [0, 0.1) is 25.7 Å². The lowest BCUT2D eigenvalue weighted by atomic mass is 9.94. The van der Waals surface area contributed by atoms with Crippen LogP contribution in [0.1, 0.15) is 40.2 Å². The van der Waals surface area contributed by atoms with E-state index in [2.05, 4.69) is 5.16 Å². The molecule has 1 N–H and O–H groups in total. The number of amides is 2. The third-order valence-electron chi connectivity index (χ3n) is 6.37. The number of carbonyl (C=O) groups excluding carboxylic acids is 2. The first-order chi connectivity index (χ1) is 14.4. The molecule has 0 unspecified atom stereocenters. The Morgan fingerprint density at radius 3 is 2.53 bits per heavy atom. The molecule has 160 valence electrons. The summed E-state index contributed by atoms with van der Waals surface area (Å²) in [5, 5.41) is 14.3. The van der Waals surface area contributed by atoms with Crippen LogP contribution in [-0.2, 0) is 11.2 Å². The summed E-state index contributed by atoms with van der Waals surface area (Å²) in [7, 11) is 0. The first-order valence-electron chi connectivity index (χ1n) is 10.7. The van der Waals surface area contributed by atoms with Gasteiger partial charge in [-0.1, -0.05) is 23.4 Å². The third kappa shape index (κ3) is 4.26. The number of carbonyl (C=O) groups is 2. The van der Waals surface area contributed by atoms with Crippen LogP contribution in [0.4, 0.5) is 0 Å². The van der Waals surface area contributed by atoms with Crippen molar-refractivity contribution in [2.45, 2.75) is 39.2 Å². The quantitative estimate of drug-likeness (QED) is 0.834. The number of nitrogens with zero attached hydrogens (tertiary/aromatic N) is 3. The number of aliphatic hydroxyl groups is 1. The van der Waals surface area contributed by atoms with Crippen LogP contribution in [0.3, 0.4) is 0 Å². The molecule has 7 heteroatoms. The summed E-state index contributed by atoms with van der Waals surface area (Å²) in [6.45, 7) is 5.87. The minimum absolute atomic E-state index is 0.0379. The van der Waals surface area contributed by atoms with Crippen LogP contribution in [-0.4, -0.2) is 64.2 Å². The monoisotopic (exact) mass is 411 g/mol. The average molecular weight is 412 g/mol. The standard InChI is InChI=1S/C23H29N3O4/c1-15-5-3-4-6-20(15)23(29)25-9-7-17(8-10-25)22(28)26-13-18(21(27)14-26)12-19-11-16(2)24-30-19/h3-6,11,17-18,21,27H,7-10,12-14H2,1-2H3/t18-,21-/m1/s1. The van der Waals surface area contributed by atoms with Crippen molar-refractivity contribution >= 4 is 11.8 Å². The van der Waals surface area contributed by atoms with Gasteiger partial charge in [-0.3, -0.25) is 9.59 Å². The Bertz CT molecular complexity index is 917. The van der Waals surface area contributed by atoms with Gasteiger partial charge in [0.25, 0.3) is 5.91 Å². The number of aliphatic hydroxyl groups excluding tert-OH is 1. The van der Waals surface area contributed by atoms with Crippen molar-refractivity contribution in [2.24, 2.45) is 11.8 Å². The number of hydrogen-bond donors (Lipinski definition) is 1. The highest BCUT2D eigenvalue weighted by molar-refractivity contribution is 5.95. The number of likely N-dealkylation sites (tertiary alicyclic amines) is 2. The van der Waals surface area contributed by atoms with Gasteiger partial charge >= 0.3 is 0 Å². The first-order valence-corrected chi connectivity index (χ1v) is 10.7. The Labute approximate surface area is 176 Å². The first kappa shape index (κ1) is 20.6. The second kappa shape index (κ2) is 8.60. The summed E-state index contributed by atoms with van der Waals surface area (Å²) in [6, 6.07) is 9.48. The molecule has 1 aromatic carbocycles. The van der Waals surface area contributed by atoms with E-state index in [1.54, 1.807) is 4.90 Å². The van der Waals surface area contributed by atoms with Gasteiger partial charge in [-0.15, -0.1) is 0 Å². The van der Waals surface area contributed by atoms with Crippen molar-refractivity contribution in [3.8, 4) is 0 Å². The van der Waals surface area contributed by atoms with Crippen molar-refractivity contribution in [1.82, 2.24) is 15.0 Å². The number of β-amino-alcohol motifs (C(OH)–C–C–N with tert-alkyl or cyclic N) is 1. The lowest BCUT2D eigenvalue weighted by Crippen LogP contribution is -2.44. The smallest absolute Gasteiger partial charge is 0.254 e. The predicted molar refractivity (Wildman–Crippen MR) is 111 cm³/mol. The van der Waals surface area contributed by atoms with Gasteiger partial charge in [-0.2, -0.15) is 0 Å². The molecule has 2 saturated heterocycles. The van der Waals surface area contributed by atoms with E-state index in [-0.39, 0.29) is 23.7 Å². The van der Waals surface area contributed by atoms with Crippen LogP contribution in [0.15, 0.2) is 34.9 Å². The molecule has 1 aromatic heterocycles. The molecular formula is C23H29N3O4. The van der Waals surface area contributed by atoms with Crippen LogP contribution in [0.2, 0.25) is 0 Å². The minimum atomic E-state index is -0.554. The lowest BCUT2D eigenvalue weighted by Gasteiger charge is -2.33. The number of rotatable bonds is 4. The summed E-state index contributed by atoms with van der Waals surface area (Å²) in [6.07, 6.45) is 1.35. The van der Waals surface area contributed by atoms with E-state index in [4.69, 9.17) is 4.52 Å². The van der Waals surface area contributed by atoms with Gasteiger partial charge in [-0.25, -0.2) is 0 Å². The normalized spacial score (nSPS) is 22.5. The number of benzene rings is 1. The Morgan fingerprint density at radius 2 is 1.87 bits per heavy atom. The highest BCUT2D eigenvalue weighted by Crippen LogP contribution is 2.27. The van der Waals surface area contributed by atoms with Crippen molar-refractivity contribution in [2.75, 3.05) is 26.2 Å². The maximum absolute atomic E-state index is 13.0. The highest BCUT2D eigenvalue weighted by Gasteiger charge is 2.38. The fourth-order valence-corrected chi connectivity index (χ4v) is 4.58. The fourth-order valence-electron chi connectivity index (χ4n) is 4.58. The molecule has 2 aliphatic heterocycles. The molecule has 2 atom stereocenters. The summed E-state index contributed by atoms with van der Waals surface area (Å²) in [5.74, 6) is 0.744. The Morgan fingerprint density at radius 1 is 1.13 bits per heavy atom. The summed E-state index contributed by atoms with van der Waals surface area (Å²) < 4.78 is 5.26. The van der Waals surface area contributed by atoms with Crippen molar-refractivity contribution < 1.29 is 19.2 Å². The molecule has 4 rings (SSSR count). The molecule has 0 aliphatic carbocycles. The zero-order valence-corrected chi connectivity index (χ0v) is 17.6. The lowest BCUT2D eigenvalue weighted by molar-refractivity contribution is -0.136. The molecular weight excluding hydrogens is 382 g/mol. The van der Waals surface area contributed by atoms with E-state index in [0.717, 1.165) is 22.6 Å². The highest BCUT2D eigenvalue weighted by atomic mass is 16.5. The third-order valence-corrected chi connectivity index (χ3v) is 6.37. The van der Waals surface area contributed by atoms with Crippen molar-refractivity contribution in [3.63, 3.8) is 0 Å². The number of hydrogen-bond acceptors (Lipinski definition) is 5. The van der Waals surface area contributed by atoms with Crippen molar-refractivity contribution in [3.05, 3.63) is 52.9 Å². The van der Waals surface area contributed by atoms with Crippen LogP contribution in [0.5, 0.6) is 0 Å². The molecule has 7 nitrogen and oxygen atoms in total. The fraction of sp³-hybridized carbons (Fsp3) is 0.522. The Hall–Kier alpha value is -2.67. The zero-order chi connectivity index (χ0) is 21.3. The van der Waals surface area contributed by atoms with Gasteiger partial charge in [-0.05, 0) is 38.3 Å². The second-order valence-electron chi connectivity index (χ2n) is 8.59. The predicted octanol–water partition coefficient (Wildman–Crippen LogP) is 2.21. The van der Waals surface area contributed by atoms with Gasteiger partial charge in [0.15, 0.2) is 0 Å². The van der Waals surface area contributed by atoms with Crippen LogP contribution < -0.4 is 0 Å². The van der Waals surface area contributed by atoms with Gasteiger partial charge < -0.3 is 19.4 Å². The molecule has 30 heavy (non-hydrogen) atoms. The summed E-state index contributed by atoms with van der Waals surface area (Å²) in [4.78, 5) is 29.4. The van der Waals surface area contributed by atoms with E-state index in [0.29, 0.717) is 45.4 Å². The molecule has 0 spiro atoms. The van der Waals surface area contributed by atoms with E-state index in [9.17, 15) is 14.7 Å². The maximum atomic E-state index is 13.0. The zero-order valence-electron chi connectivity index (χ0n) is 17.6. The Balaban J connectivity index is 1.31. The summed E-state index contributed by atoms with van der Waals surface area (Å²) in [5.41, 5.74) is 2.52. The van der Waals surface area contributed by atoms with E-state index in [1.165, 1.54) is 0 Å². The topological polar surface area (TPSA) is 86.9 Å². The molecule has 2 aromatic rings. The number of aryl methyl sites for hydroxylation is 2. The summed E-state index contributed by atoms with van der Waals surface area (Å²) >= 11 is 0. The molecule has 3 heterocycles. The largest absolute Gasteiger partial charge is 0.391 e. The second-order valence-corrected chi connectivity index (χ2v) is 8.59. The minimum Gasteiger partial charge on any atom is -0.391 e. The average Bonchev–Trinajstić information content (AvgIpc) is 3.33.